The lowest BCUT2D eigenvalue weighted by Crippen LogP contribution is -2.36. The van der Waals surface area contributed by atoms with Crippen LogP contribution in [0.15, 0.2) is 48.5 Å². The number of methoxy groups -OCH3 is 1. The Morgan fingerprint density at radius 3 is 2.39 bits per heavy atom. The van der Waals surface area contributed by atoms with Crippen molar-refractivity contribution in [1.82, 2.24) is 10.2 Å². The molecule has 1 heterocycles. The van der Waals surface area contributed by atoms with Crippen molar-refractivity contribution in [3.05, 3.63) is 65.2 Å². The molecule has 1 atom stereocenters. The SMILES string of the molecule is COc1cccc(C(=O)NC[C@H](c2ccc(C(C)(C)C)cc2)N2CCCC2)c1. The molecule has 1 N–H and O–H groups in total. The summed E-state index contributed by atoms with van der Waals surface area (Å²) in [6.45, 7) is 9.46. The van der Waals surface area contributed by atoms with E-state index in [1.807, 2.05) is 18.2 Å². The van der Waals surface area contributed by atoms with Crippen LogP contribution in [-0.2, 0) is 5.41 Å². The first-order chi connectivity index (χ1) is 13.4. The summed E-state index contributed by atoms with van der Waals surface area (Å²) in [5.74, 6) is 0.635. The topological polar surface area (TPSA) is 41.6 Å². The fourth-order valence-electron chi connectivity index (χ4n) is 3.77. The van der Waals surface area contributed by atoms with Crippen LogP contribution in [-0.4, -0.2) is 37.6 Å². The third kappa shape index (κ3) is 4.93. The maximum absolute atomic E-state index is 12.7. The van der Waals surface area contributed by atoms with Gasteiger partial charge in [-0.25, -0.2) is 0 Å². The zero-order valence-electron chi connectivity index (χ0n) is 17.5. The van der Waals surface area contributed by atoms with Crippen molar-refractivity contribution >= 4 is 5.91 Å². The maximum atomic E-state index is 12.7. The van der Waals surface area contributed by atoms with E-state index in [0.717, 1.165) is 13.1 Å². The van der Waals surface area contributed by atoms with Gasteiger partial charge in [-0.05, 0) is 60.7 Å². The van der Waals surface area contributed by atoms with E-state index in [2.05, 4.69) is 55.3 Å². The quantitative estimate of drug-likeness (QED) is 0.799. The Balaban J connectivity index is 1.74. The van der Waals surface area contributed by atoms with Gasteiger partial charge in [-0.3, -0.25) is 9.69 Å². The average Bonchev–Trinajstić information content (AvgIpc) is 3.22. The van der Waals surface area contributed by atoms with Crippen LogP contribution in [0, 0.1) is 0 Å². The Morgan fingerprint density at radius 1 is 1.11 bits per heavy atom. The van der Waals surface area contributed by atoms with Crippen molar-refractivity contribution in [2.24, 2.45) is 0 Å². The normalized spacial score (nSPS) is 16.0. The number of amides is 1. The van der Waals surface area contributed by atoms with Gasteiger partial charge in [0.2, 0.25) is 0 Å². The minimum atomic E-state index is -0.0607. The van der Waals surface area contributed by atoms with E-state index in [4.69, 9.17) is 4.74 Å². The summed E-state index contributed by atoms with van der Waals surface area (Å²) >= 11 is 0. The van der Waals surface area contributed by atoms with E-state index in [1.54, 1.807) is 13.2 Å². The molecule has 4 heteroatoms. The molecule has 28 heavy (non-hydrogen) atoms. The second kappa shape index (κ2) is 8.78. The summed E-state index contributed by atoms with van der Waals surface area (Å²) in [6.07, 6.45) is 2.45. The highest BCUT2D eigenvalue weighted by Gasteiger charge is 2.25. The molecule has 0 unspecified atom stereocenters. The smallest absolute Gasteiger partial charge is 0.251 e. The standard InChI is InChI=1S/C24H32N2O2/c1-24(2,3)20-12-10-18(11-13-20)22(26-14-5-6-15-26)17-25-23(27)19-8-7-9-21(16-19)28-4/h7-13,16,22H,5-6,14-15,17H2,1-4H3,(H,25,27)/t22-/m1/s1. The van der Waals surface area contributed by atoms with Crippen LogP contribution in [0.5, 0.6) is 5.75 Å². The molecule has 1 aliphatic rings. The van der Waals surface area contributed by atoms with Crippen LogP contribution in [0.3, 0.4) is 0 Å². The first-order valence-electron chi connectivity index (χ1n) is 10.2. The van der Waals surface area contributed by atoms with E-state index in [0.29, 0.717) is 17.9 Å². The van der Waals surface area contributed by atoms with Gasteiger partial charge in [-0.2, -0.15) is 0 Å². The summed E-state index contributed by atoms with van der Waals surface area (Å²) in [7, 11) is 1.61. The maximum Gasteiger partial charge on any atom is 0.251 e. The Labute approximate surface area is 168 Å². The first-order valence-corrected chi connectivity index (χ1v) is 10.2. The van der Waals surface area contributed by atoms with Crippen LogP contribution >= 0.6 is 0 Å². The second-order valence-electron chi connectivity index (χ2n) is 8.57. The van der Waals surface area contributed by atoms with Crippen LogP contribution in [0.1, 0.15) is 61.1 Å². The van der Waals surface area contributed by atoms with E-state index < -0.39 is 0 Å². The fourth-order valence-corrected chi connectivity index (χ4v) is 3.77. The third-order valence-corrected chi connectivity index (χ3v) is 5.53. The van der Waals surface area contributed by atoms with E-state index >= 15 is 0 Å². The number of nitrogens with one attached hydrogen (secondary N) is 1. The van der Waals surface area contributed by atoms with Gasteiger partial charge >= 0.3 is 0 Å². The number of likely N-dealkylation sites (tertiary alicyclic amines) is 1. The monoisotopic (exact) mass is 380 g/mol. The van der Waals surface area contributed by atoms with Crippen LogP contribution in [0.4, 0.5) is 0 Å². The van der Waals surface area contributed by atoms with Gasteiger partial charge in [-0.1, -0.05) is 51.1 Å². The predicted molar refractivity (Wildman–Crippen MR) is 114 cm³/mol. The number of benzene rings is 2. The molecule has 150 valence electrons. The summed E-state index contributed by atoms with van der Waals surface area (Å²) in [4.78, 5) is 15.1. The summed E-state index contributed by atoms with van der Waals surface area (Å²) in [6, 6.07) is 16.4. The molecule has 1 amide bonds. The predicted octanol–water partition coefficient (Wildman–Crippen LogP) is 4.56. The Morgan fingerprint density at radius 2 is 1.79 bits per heavy atom. The second-order valence-corrected chi connectivity index (χ2v) is 8.57. The lowest BCUT2D eigenvalue weighted by molar-refractivity contribution is 0.0937. The largest absolute Gasteiger partial charge is 0.497 e. The van der Waals surface area contributed by atoms with Gasteiger partial charge in [0.1, 0.15) is 5.75 Å². The number of rotatable bonds is 6. The van der Waals surface area contributed by atoms with Gasteiger partial charge in [0.25, 0.3) is 5.91 Å². The fraction of sp³-hybridized carbons (Fsp3) is 0.458. The number of carbonyl (C=O) groups is 1. The Kier molecular flexibility index (Phi) is 6.40. The molecule has 4 nitrogen and oxygen atoms in total. The van der Waals surface area contributed by atoms with Crippen molar-refractivity contribution in [3.63, 3.8) is 0 Å². The molecule has 0 saturated carbocycles. The molecule has 0 bridgehead atoms. The van der Waals surface area contributed by atoms with E-state index in [9.17, 15) is 4.79 Å². The van der Waals surface area contributed by atoms with Crippen LogP contribution < -0.4 is 10.1 Å². The lowest BCUT2D eigenvalue weighted by atomic mass is 9.86. The van der Waals surface area contributed by atoms with Gasteiger partial charge in [-0.15, -0.1) is 0 Å². The van der Waals surface area contributed by atoms with Gasteiger partial charge in [0.05, 0.1) is 13.2 Å². The van der Waals surface area contributed by atoms with Crippen LogP contribution in [0.2, 0.25) is 0 Å². The zero-order chi connectivity index (χ0) is 20.1. The van der Waals surface area contributed by atoms with Crippen molar-refractivity contribution < 1.29 is 9.53 Å². The highest BCUT2D eigenvalue weighted by molar-refractivity contribution is 5.94. The van der Waals surface area contributed by atoms with Gasteiger partial charge in [0, 0.05) is 12.1 Å². The van der Waals surface area contributed by atoms with E-state index in [1.165, 1.54) is 24.0 Å². The van der Waals surface area contributed by atoms with Crippen molar-refractivity contribution in [2.75, 3.05) is 26.7 Å². The number of hydrogen-bond acceptors (Lipinski definition) is 3. The first kappa shape index (κ1) is 20.4. The molecule has 0 radical (unpaired) electrons. The molecule has 2 aromatic rings. The molecule has 1 fully saturated rings. The van der Waals surface area contributed by atoms with Gasteiger partial charge in [0.15, 0.2) is 0 Å². The molecule has 1 saturated heterocycles. The molecular formula is C24H32N2O2. The Bertz CT molecular complexity index is 787. The molecule has 0 aliphatic carbocycles. The number of ether oxygens (including phenoxy) is 1. The lowest BCUT2D eigenvalue weighted by Gasteiger charge is -2.29. The van der Waals surface area contributed by atoms with Crippen molar-refractivity contribution in [2.45, 2.75) is 45.1 Å². The summed E-state index contributed by atoms with van der Waals surface area (Å²) in [5.41, 5.74) is 3.36. The number of carbonyl (C=O) groups excluding carboxylic acids is 1. The number of nitrogens with zero attached hydrogens (tertiary/aromatic N) is 1. The molecule has 0 spiro atoms. The minimum Gasteiger partial charge on any atom is -0.497 e. The summed E-state index contributed by atoms with van der Waals surface area (Å²) in [5, 5.41) is 3.13. The highest BCUT2D eigenvalue weighted by Crippen LogP contribution is 2.28. The molecular weight excluding hydrogens is 348 g/mol. The summed E-state index contributed by atoms with van der Waals surface area (Å²) < 4.78 is 5.23. The highest BCUT2D eigenvalue weighted by atomic mass is 16.5. The van der Waals surface area contributed by atoms with Gasteiger partial charge < -0.3 is 10.1 Å². The molecule has 0 aromatic heterocycles. The van der Waals surface area contributed by atoms with Crippen molar-refractivity contribution in [3.8, 4) is 5.75 Å². The Hall–Kier alpha value is -2.33. The molecule has 1 aliphatic heterocycles. The average molecular weight is 381 g/mol. The zero-order valence-corrected chi connectivity index (χ0v) is 17.5. The minimum absolute atomic E-state index is 0.0607. The number of hydrogen-bond donors (Lipinski definition) is 1. The molecule has 2 aromatic carbocycles. The van der Waals surface area contributed by atoms with E-state index in [-0.39, 0.29) is 17.4 Å². The van der Waals surface area contributed by atoms with Crippen molar-refractivity contribution in [1.29, 1.82) is 0 Å². The molecule has 3 rings (SSSR count). The van der Waals surface area contributed by atoms with Crippen LogP contribution in [0.25, 0.3) is 0 Å². The third-order valence-electron chi connectivity index (χ3n) is 5.53.